The summed E-state index contributed by atoms with van der Waals surface area (Å²) in [4.78, 5) is 0. The fourth-order valence-electron chi connectivity index (χ4n) is 1.54. The quantitative estimate of drug-likeness (QED) is 0.853. The summed E-state index contributed by atoms with van der Waals surface area (Å²) in [6.45, 7) is 2.71. The second-order valence-corrected chi connectivity index (χ2v) is 3.73. The molecule has 84 valence electrons. The molecule has 1 N–H and O–H groups in total. The fraction of sp³-hybridized carbons (Fsp3) is 0.231. The van der Waals surface area contributed by atoms with Crippen LogP contribution in [0.1, 0.15) is 24.3 Å². The Kier molecular flexibility index (Phi) is 3.37. The smallest absolute Gasteiger partial charge is 0.123 e. The predicted molar refractivity (Wildman–Crippen MR) is 60.4 cm³/mol. The van der Waals surface area contributed by atoms with Crippen LogP contribution in [0.2, 0.25) is 0 Å². The predicted octanol–water partition coefficient (Wildman–Crippen LogP) is 3.27. The van der Waals surface area contributed by atoms with Crippen molar-refractivity contribution in [1.82, 2.24) is 5.32 Å². The van der Waals surface area contributed by atoms with Crippen LogP contribution >= 0.6 is 0 Å². The van der Waals surface area contributed by atoms with Crippen molar-refractivity contribution in [3.63, 3.8) is 0 Å². The van der Waals surface area contributed by atoms with Gasteiger partial charge >= 0.3 is 0 Å². The van der Waals surface area contributed by atoms with Crippen molar-refractivity contribution in [2.75, 3.05) is 0 Å². The Hall–Kier alpha value is -1.61. The summed E-state index contributed by atoms with van der Waals surface area (Å²) in [7, 11) is 0. The molecule has 0 fully saturated rings. The third kappa shape index (κ3) is 2.70. The zero-order valence-corrected chi connectivity index (χ0v) is 9.11. The Morgan fingerprint density at radius 2 is 2.00 bits per heavy atom. The van der Waals surface area contributed by atoms with Gasteiger partial charge in [-0.15, -0.1) is 0 Å². The monoisotopic (exact) mass is 219 g/mol. The lowest BCUT2D eigenvalue weighted by molar-refractivity contribution is 0.460. The van der Waals surface area contributed by atoms with Gasteiger partial charge in [-0.3, -0.25) is 0 Å². The summed E-state index contributed by atoms with van der Waals surface area (Å²) in [5.41, 5.74) is 1.06. The Morgan fingerprint density at radius 1 is 1.25 bits per heavy atom. The van der Waals surface area contributed by atoms with Gasteiger partial charge in [-0.25, -0.2) is 4.39 Å². The van der Waals surface area contributed by atoms with Crippen LogP contribution in [0.15, 0.2) is 47.1 Å². The Labute approximate surface area is 94.1 Å². The molecule has 1 atom stereocenters. The number of furan rings is 1. The highest BCUT2D eigenvalue weighted by molar-refractivity contribution is 5.19. The van der Waals surface area contributed by atoms with Crippen LogP contribution in [0.3, 0.4) is 0 Å². The molecular weight excluding hydrogens is 205 g/mol. The number of nitrogens with one attached hydrogen (secondary N) is 1. The summed E-state index contributed by atoms with van der Waals surface area (Å²) in [6.07, 6.45) is 1.65. The number of hydrogen-bond donors (Lipinski definition) is 1. The van der Waals surface area contributed by atoms with Crippen LogP contribution in [0.25, 0.3) is 0 Å². The molecule has 3 heteroatoms. The van der Waals surface area contributed by atoms with E-state index in [-0.39, 0.29) is 11.9 Å². The lowest BCUT2D eigenvalue weighted by Crippen LogP contribution is -2.17. The molecule has 0 amide bonds. The van der Waals surface area contributed by atoms with E-state index in [1.807, 2.05) is 19.1 Å². The lowest BCUT2D eigenvalue weighted by atomic mass is 10.1. The minimum atomic E-state index is -0.206. The van der Waals surface area contributed by atoms with Crippen molar-refractivity contribution in [1.29, 1.82) is 0 Å². The van der Waals surface area contributed by atoms with Crippen molar-refractivity contribution in [3.05, 3.63) is 59.8 Å². The molecule has 1 aromatic heterocycles. The molecule has 0 saturated carbocycles. The van der Waals surface area contributed by atoms with Crippen LogP contribution in [-0.2, 0) is 6.54 Å². The SMILES string of the molecule is C[C@H](NCc1ccco1)c1ccc(F)cc1. The summed E-state index contributed by atoms with van der Waals surface area (Å²) >= 11 is 0. The van der Waals surface area contributed by atoms with Gasteiger partial charge in [-0.05, 0) is 36.8 Å². The van der Waals surface area contributed by atoms with E-state index in [1.165, 1.54) is 12.1 Å². The number of rotatable bonds is 4. The van der Waals surface area contributed by atoms with E-state index in [2.05, 4.69) is 5.32 Å². The maximum atomic E-state index is 12.7. The van der Waals surface area contributed by atoms with Gasteiger partial charge in [0.25, 0.3) is 0 Å². The normalized spacial score (nSPS) is 12.6. The molecular formula is C13H14FNO. The van der Waals surface area contributed by atoms with Gasteiger partial charge in [-0.1, -0.05) is 12.1 Å². The third-order valence-electron chi connectivity index (χ3n) is 2.53. The highest BCUT2D eigenvalue weighted by Gasteiger charge is 2.05. The van der Waals surface area contributed by atoms with E-state index < -0.39 is 0 Å². The van der Waals surface area contributed by atoms with Gasteiger partial charge in [0, 0.05) is 6.04 Å². The number of hydrogen-bond acceptors (Lipinski definition) is 2. The molecule has 2 nitrogen and oxygen atoms in total. The molecule has 0 aliphatic carbocycles. The minimum Gasteiger partial charge on any atom is -0.468 e. The first-order chi connectivity index (χ1) is 7.75. The zero-order valence-electron chi connectivity index (χ0n) is 9.11. The third-order valence-corrected chi connectivity index (χ3v) is 2.53. The van der Waals surface area contributed by atoms with E-state index >= 15 is 0 Å². The molecule has 0 saturated heterocycles. The lowest BCUT2D eigenvalue weighted by Gasteiger charge is -2.12. The maximum Gasteiger partial charge on any atom is 0.123 e. The van der Waals surface area contributed by atoms with E-state index in [9.17, 15) is 4.39 Å². The topological polar surface area (TPSA) is 25.2 Å². The first-order valence-corrected chi connectivity index (χ1v) is 5.27. The summed E-state index contributed by atoms with van der Waals surface area (Å²) in [5.74, 6) is 0.691. The second-order valence-electron chi connectivity index (χ2n) is 3.73. The molecule has 0 aliphatic heterocycles. The van der Waals surface area contributed by atoms with Gasteiger partial charge in [-0.2, -0.15) is 0 Å². The Morgan fingerprint density at radius 3 is 2.62 bits per heavy atom. The van der Waals surface area contributed by atoms with Gasteiger partial charge in [0.05, 0.1) is 12.8 Å². The largest absolute Gasteiger partial charge is 0.468 e. The number of benzene rings is 1. The standard InChI is InChI=1S/C13H14FNO/c1-10(11-4-6-12(14)7-5-11)15-9-13-3-2-8-16-13/h2-8,10,15H,9H2,1H3/t10-/m0/s1. The Bertz CT molecular complexity index is 422. The van der Waals surface area contributed by atoms with Crippen LogP contribution in [0.5, 0.6) is 0 Å². The molecule has 0 radical (unpaired) electrons. The van der Waals surface area contributed by atoms with Crippen molar-refractivity contribution >= 4 is 0 Å². The summed E-state index contributed by atoms with van der Waals surface area (Å²) in [6, 6.07) is 10.5. The van der Waals surface area contributed by atoms with E-state index in [1.54, 1.807) is 18.4 Å². The van der Waals surface area contributed by atoms with Gasteiger partial charge < -0.3 is 9.73 Å². The molecule has 2 aromatic rings. The van der Waals surface area contributed by atoms with E-state index in [4.69, 9.17) is 4.42 Å². The highest BCUT2D eigenvalue weighted by Crippen LogP contribution is 2.13. The second kappa shape index (κ2) is 4.94. The van der Waals surface area contributed by atoms with Crippen LogP contribution < -0.4 is 5.32 Å². The molecule has 1 heterocycles. The van der Waals surface area contributed by atoms with Crippen LogP contribution in [0, 0.1) is 5.82 Å². The van der Waals surface area contributed by atoms with Crippen molar-refractivity contribution < 1.29 is 8.81 Å². The van der Waals surface area contributed by atoms with E-state index in [0.717, 1.165) is 11.3 Å². The molecule has 1 aromatic carbocycles. The molecule has 0 bridgehead atoms. The summed E-state index contributed by atoms with van der Waals surface area (Å²) in [5, 5.41) is 3.30. The molecule has 2 rings (SSSR count). The average Bonchev–Trinajstić information content (AvgIpc) is 2.80. The Balaban J connectivity index is 1.93. The minimum absolute atomic E-state index is 0.172. The first kappa shape index (κ1) is 10.9. The molecule has 0 aliphatic rings. The van der Waals surface area contributed by atoms with Gasteiger partial charge in [0.1, 0.15) is 11.6 Å². The first-order valence-electron chi connectivity index (χ1n) is 5.27. The highest BCUT2D eigenvalue weighted by atomic mass is 19.1. The summed E-state index contributed by atoms with van der Waals surface area (Å²) < 4.78 is 17.9. The fourth-order valence-corrected chi connectivity index (χ4v) is 1.54. The molecule has 16 heavy (non-hydrogen) atoms. The zero-order chi connectivity index (χ0) is 11.4. The number of halogens is 1. The van der Waals surface area contributed by atoms with Crippen molar-refractivity contribution in [3.8, 4) is 0 Å². The molecule has 0 spiro atoms. The van der Waals surface area contributed by atoms with Crippen LogP contribution in [0.4, 0.5) is 4.39 Å². The van der Waals surface area contributed by atoms with Gasteiger partial charge in [0.2, 0.25) is 0 Å². The van der Waals surface area contributed by atoms with E-state index in [0.29, 0.717) is 6.54 Å². The van der Waals surface area contributed by atoms with Crippen molar-refractivity contribution in [2.45, 2.75) is 19.5 Å². The van der Waals surface area contributed by atoms with Gasteiger partial charge in [0.15, 0.2) is 0 Å². The average molecular weight is 219 g/mol. The maximum absolute atomic E-state index is 12.7. The van der Waals surface area contributed by atoms with Crippen LogP contribution in [-0.4, -0.2) is 0 Å². The molecule has 0 unspecified atom stereocenters. The van der Waals surface area contributed by atoms with Crippen molar-refractivity contribution in [2.24, 2.45) is 0 Å².